The van der Waals surface area contributed by atoms with E-state index < -0.39 is 0 Å². The number of benzene rings is 6. The van der Waals surface area contributed by atoms with E-state index in [1.54, 1.807) is 18.6 Å². The molecule has 109 heavy (non-hydrogen) atoms. The number of likely N-dealkylation sites (N-methyl/N-ethyl adjacent to an activating group) is 1. The number of hydrogen-bond acceptors (Lipinski definition) is 16. The van der Waals surface area contributed by atoms with Gasteiger partial charge in [-0.25, -0.2) is 44.9 Å². The lowest BCUT2D eigenvalue weighted by Crippen LogP contribution is -2.47. The Morgan fingerprint density at radius 1 is 0.321 bits per heavy atom. The third-order valence-electron chi connectivity index (χ3n) is 24.0. The van der Waals surface area contributed by atoms with E-state index in [-0.39, 0.29) is 0 Å². The Hall–Kier alpha value is -11.4. The molecule has 6 N–H and O–H groups in total. The maximum atomic E-state index is 6.44. The van der Waals surface area contributed by atoms with Crippen molar-refractivity contribution in [2.45, 2.75) is 75.5 Å². The van der Waals surface area contributed by atoms with Gasteiger partial charge in [0, 0.05) is 150 Å². The standard InChI is InChI=1S/C31H33N7.C30H30N6.C29H28N6/c1-36-13-15-37(16-14-36)20-21-17-25(18-21)31-35-28(29-30(32)33-11-12-38(29)31)24-8-7-23-9-10-26(34-27(23)19-24)22-5-3-2-4-6-22;31-29-28-27(23-9-8-22-10-11-25(33-26(22)18-23)21-6-2-1-3-7-21)34-30(36(28)15-12-32-29)24-16-20(17-24)19-35-13-4-5-14-35;30-28-27-26(22-8-7-21-9-10-24(32-25(21)17-22)20-5-2-1-3-6-20)33-29(35(27)14-11-31-28)23-15-19(16-23)18-34-12-4-13-34/h2-12,19,21,25H,13-18,20H2,1H3,(H2,32,33);1-3,6-12,15,18,20,24H,4-5,13-14,16-17,19H2,(H2,31,32);1-3,5-11,14,17,19,23H,4,12-13,15-16,18H2,(H2,30,31). The average Bonchev–Trinajstić information content (AvgIpc) is 1.61. The Bertz CT molecular complexity index is 5800. The van der Waals surface area contributed by atoms with Gasteiger partial charge in [0.15, 0.2) is 0 Å². The number of aromatic nitrogens is 12. The van der Waals surface area contributed by atoms with Gasteiger partial charge < -0.3 is 36.8 Å². The van der Waals surface area contributed by atoms with Crippen LogP contribution in [0, 0.1) is 17.8 Å². The highest BCUT2D eigenvalue weighted by molar-refractivity contribution is 5.94. The molecule has 15 aromatic rings. The fraction of sp³-hybridized carbons (Fsp3) is 0.300. The Morgan fingerprint density at radius 3 is 0.936 bits per heavy atom. The SMILES string of the molecule is CN1CCN(CC2CC(c3nc(-c4ccc5ccc(-c6ccccc6)nc5c4)c4c(N)nccn34)C2)CC1.Nc1nccn2c(C3CC(CN4CCC4)C3)nc(-c3ccc4ccc(-c5ccccc5)nc4c3)c12.Nc1nccn2c(C3CC(CN4CCCC4)C3)nc(-c3ccc4ccc(-c5ccccc5)nc4c3)c12. The van der Waals surface area contributed by atoms with Crippen LogP contribution >= 0.6 is 0 Å². The van der Waals surface area contributed by atoms with Gasteiger partial charge in [0.25, 0.3) is 0 Å². The number of piperazine rings is 1. The van der Waals surface area contributed by atoms with E-state index in [1.165, 1.54) is 130 Å². The molecule has 546 valence electrons. The molecule has 3 aliphatic heterocycles. The lowest BCUT2D eigenvalue weighted by Gasteiger charge is -2.41. The van der Waals surface area contributed by atoms with Gasteiger partial charge in [0.05, 0.1) is 33.6 Å². The summed E-state index contributed by atoms with van der Waals surface area (Å²) in [6.45, 7) is 13.4. The van der Waals surface area contributed by atoms with E-state index in [0.29, 0.717) is 35.2 Å². The Morgan fingerprint density at radius 2 is 0.624 bits per heavy atom. The van der Waals surface area contributed by atoms with Gasteiger partial charge in [-0.2, -0.15) is 0 Å². The number of pyridine rings is 3. The third-order valence-corrected chi connectivity index (χ3v) is 24.0. The molecule has 12 heterocycles. The molecule has 0 amide bonds. The van der Waals surface area contributed by atoms with Crippen molar-refractivity contribution in [2.75, 3.05) is 96.2 Å². The van der Waals surface area contributed by atoms with Crippen LogP contribution in [0.3, 0.4) is 0 Å². The highest BCUT2D eigenvalue weighted by Gasteiger charge is 2.39. The molecule has 19 nitrogen and oxygen atoms in total. The molecule has 3 aliphatic carbocycles. The third kappa shape index (κ3) is 13.7. The normalized spacial score (nSPS) is 20.3. The van der Waals surface area contributed by atoms with E-state index >= 15 is 0 Å². The Kier molecular flexibility index (Phi) is 18.3. The van der Waals surface area contributed by atoms with Crippen molar-refractivity contribution in [1.82, 2.24) is 77.7 Å². The van der Waals surface area contributed by atoms with Gasteiger partial charge in [0.1, 0.15) is 68.6 Å². The number of hydrogen-bond donors (Lipinski definition) is 3. The van der Waals surface area contributed by atoms with Crippen molar-refractivity contribution >= 4 is 66.7 Å². The minimum atomic E-state index is 0.443. The second-order valence-electron chi connectivity index (χ2n) is 31.3. The first-order chi connectivity index (χ1) is 53.6. The summed E-state index contributed by atoms with van der Waals surface area (Å²) in [5.74, 6) is 8.52. The summed E-state index contributed by atoms with van der Waals surface area (Å²) in [5, 5.41) is 3.32. The number of rotatable bonds is 15. The van der Waals surface area contributed by atoms with Crippen LogP contribution in [-0.2, 0) is 0 Å². The summed E-state index contributed by atoms with van der Waals surface area (Å²) in [6, 6.07) is 62.7. The summed E-state index contributed by atoms with van der Waals surface area (Å²) in [6.07, 6.45) is 22.5. The van der Waals surface area contributed by atoms with Crippen LogP contribution in [0.4, 0.5) is 17.5 Å². The van der Waals surface area contributed by atoms with Crippen molar-refractivity contribution in [3.8, 4) is 67.5 Å². The first kappa shape index (κ1) is 68.2. The Balaban J connectivity index is 0.000000111. The fourth-order valence-corrected chi connectivity index (χ4v) is 17.8. The number of likely N-dealkylation sites (tertiary alicyclic amines) is 2. The molecule has 0 spiro atoms. The Labute approximate surface area is 634 Å². The topological polar surface area (TPSA) is 220 Å². The monoisotopic (exact) mass is 1440 g/mol. The predicted octanol–water partition coefficient (Wildman–Crippen LogP) is 16.1. The van der Waals surface area contributed by atoms with Crippen LogP contribution in [0.25, 0.3) is 117 Å². The molecule has 0 unspecified atom stereocenters. The van der Waals surface area contributed by atoms with E-state index in [4.69, 9.17) is 47.1 Å². The smallest absolute Gasteiger partial charge is 0.150 e. The molecule has 9 aromatic heterocycles. The molecular weight excluding hydrogens is 1350 g/mol. The van der Waals surface area contributed by atoms with Gasteiger partial charge in [0.2, 0.25) is 0 Å². The largest absolute Gasteiger partial charge is 0.382 e. The molecule has 19 heteroatoms. The van der Waals surface area contributed by atoms with Crippen LogP contribution in [0.2, 0.25) is 0 Å². The summed E-state index contributed by atoms with van der Waals surface area (Å²) in [7, 11) is 2.21. The number of fused-ring (bicyclic) bond motifs is 6. The van der Waals surface area contributed by atoms with Gasteiger partial charge in [-0.15, -0.1) is 0 Å². The molecule has 6 aromatic carbocycles. The molecule has 3 saturated heterocycles. The van der Waals surface area contributed by atoms with Crippen LogP contribution in [0.5, 0.6) is 0 Å². The fourth-order valence-electron chi connectivity index (χ4n) is 17.8. The van der Waals surface area contributed by atoms with Crippen molar-refractivity contribution in [3.63, 3.8) is 0 Å². The van der Waals surface area contributed by atoms with Gasteiger partial charge in [-0.05, 0) is 145 Å². The molecule has 0 bridgehead atoms. The van der Waals surface area contributed by atoms with Crippen molar-refractivity contribution in [2.24, 2.45) is 17.8 Å². The highest BCUT2D eigenvalue weighted by atomic mass is 15.2. The van der Waals surface area contributed by atoms with Crippen LogP contribution in [-0.4, -0.2) is 157 Å². The molecule has 0 radical (unpaired) electrons. The zero-order valence-corrected chi connectivity index (χ0v) is 61.8. The zero-order chi connectivity index (χ0) is 73.1. The van der Waals surface area contributed by atoms with E-state index in [2.05, 4.69) is 182 Å². The van der Waals surface area contributed by atoms with Crippen molar-refractivity contribution in [1.29, 1.82) is 0 Å². The maximum Gasteiger partial charge on any atom is 0.150 e. The summed E-state index contributed by atoms with van der Waals surface area (Å²) >= 11 is 0. The van der Waals surface area contributed by atoms with E-state index in [1.807, 2.05) is 73.2 Å². The minimum absolute atomic E-state index is 0.443. The number of anilines is 3. The van der Waals surface area contributed by atoms with Gasteiger partial charge in [-0.3, -0.25) is 13.2 Å². The summed E-state index contributed by atoms with van der Waals surface area (Å²) in [5.41, 5.74) is 36.8. The summed E-state index contributed by atoms with van der Waals surface area (Å²) < 4.78 is 6.51. The number of nitrogens with two attached hydrogens (primary N) is 3. The predicted molar refractivity (Wildman–Crippen MR) is 438 cm³/mol. The molecule has 0 atom stereocenters. The number of imidazole rings is 3. The number of nitrogen functional groups attached to an aromatic ring is 3. The zero-order valence-electron chi connectivity index (χ0n) is 61.8. The van der Waals surface area contributed by atoms with Crippen molar-refractivity contribution < 1.29 is 0 Å². The van der Waals surface area contributed by atoms with Gasteiger partial charge >= 0.3 is 0 Å². The second kappa shape index (κ2) is 29.3. The minimum Gasteiger partial charge on any atom is -0.382 e. The molecule has 21 rings (SSSR count). The number of nitrogens with zero attached hydrogens (tertiary/aromatic N) is 16. The van der Waals surface area contributed by atoms with Gasteiger partial charge in [-0.1, -0.05) is 146 Å². The highest BCUT2D eigenvalue weighted by Crippen LogP contribution is 2.48. The lowest BCUT2D eigenvalue weighted by molar-refractivity contribution is 0.104. The van der Waals surface area contributed by atoms with Crippen LogP contribution in [0.1, 0.15) is 93.0 Å². The molecule has 6 fully saturated rings. The molecule has 3 saturated carbocycles. The molecule has 6 aliphatic rings. The maximum absolute atomic E-state index is 6.44. The van der Waals surface area contributed by atoms with Crippen molar-refractivity contribution in [3.05, 3.63) is 237 Å². The quantitative estimate of drug-likeness (QED) is 0.0869. The van der Waals surface area contributed by atoms with E-state index in [9.17, 15) is 0 Å². The van der Waals surface area contributed by atoms with Crippen LogP contribution in [0.15, 0.2) is 219 Å². The average molecular weight is 1440 g/mol. The van der Waals surface area contributed by atoms with E-state index in [0.717, 1.165) is 152 Å². The van der Waals surface area contributed by atoms with Crippen LogP contribution < -0.4 is 17.2 Å². The second-order valence-corrected chi connectivity index (χ2v) is 31.3. The molecular formula is C90H91N19. The first-order valence-electron chi connectivity index (χ1n) is 39.2. The first-order valence-corrected chi connectivity index (χ1v) is 39.2. The lowest BCUT2D eigenvalue weighted by atomic mass is 9.74. The summed E-state index contributed by atoms with van der Waals surface area (Å²) in [4.78, 5) is 54.0.